The molecule has 0 aliphatic carbocycles. The molecule has 7 nitrogen and oxygen atoms in total. The molecule has 6 atom stereocenters. The lowest BCUT2D eigenvalue weighted by atomic mass is 9.66. The number of aliphatic carboxylic acids is 1. The Morgan fingerprint density at radius 2 is 1.94 bits per heavy atom. The molecule has 190 valence electrons. The summed E-state index contributed by atoms with van der Waals surface area (Å²) in [6.07, 6.45) is 3.28. The molecule has 3 saturated heterocycles. The first-order valence-electron chi connectivity index (χ1n) is 12.2. The van der Waals surface area contributed by atoms with Crippen LogP contribution in [-0.4, -0.2) is 78.1 Å². The fraction of sp³-hybridized carbons (Fsp3) is 0.593. The second-order valence-electron chi connectivity index (χ2n) is 11.2. The van der Waals surface area contributed by atoms with Gasteiger partial charge in [0.2, 0.25) is 11.8 Å². The number of carbonyl (C=O) groups is 3. The van der Waals surface area contributed by atoms with Crippen LogP contribution in [0, 0.1) is 11.8 Å². The van der Waals surface area contributed by atoms with Crippen molar-refractivity contribution in [2.45, 2.75) is 74.1 Å². The standard InChI is InChI=1S/C27H36N2O5S/c1-6-14-28(25(2,3)4)23(32)21-27-13-12-26(5,35-27)20(24(33)34)19(27)22(31)29(21)18(16-30)15-17-10-8-7-9-11-17/h6-11,18-21,30H,1,12-16H2,2-5H3,(H,33,34)/t18-,19+,20+,21?,26-,27?/m1/s1. The molecular weight excluding hydrogens is 464 g/mol. The number of thioether (sulfide) groups is 1. The third-order valence-electron chi connectivity index (χ3n) is 8.02. The predicted octanol–water partition coefficient (Wildman–Crippen LogP) is 2.97. The van der Waals surface area contributed by atoms with E-state index in [0.29, 0.717) is 25.8 Å². The molecule has 2 unspecified atom stereocenters. The predicted molar refractivity (Wildman–Crippen MR) is 136 cm³/mol. The van der Waals surface area contributed by atoms with Crippen LogP contribution in [0.3, 0.4) is 0 Å². The molecule has 2 bridgehead atoms. The van der Waals surface area contributed by atoms with Crippen molar-refractivity contribution in [1.29, 1.82) is 0 Å². The Balaban J connectivity index is 1.84. The van der Waals surface area contributed by atoms with Crippen LogP contribution in [-0.2, 0) is 20.8 Å². The summed E-state index contributed by atoms with van der Waals surface area (Å²) in [6.45, 7) is 11.6. The monoisotopic (exact) mass is 500 g/mol. The van der Waals surface area contributed by atoms with Crippen molar-refractivity contribution in [2.75, 3.05) is 13.2 Å². The first-order valence-corrected chi connectivity index (χ1v) is 13.1. The Bertz CT molecular complexity index is 1020. The normalized spacial score (nSPS) is 32.4. The van der Waals surface area contributed by atoms with Gasteiger partial charge in [0.05, 0.1) is 29.2 Å². The average molecular weight is 501 g/mol. The number of carboxylic acid groups (broad SMARTS) is 1. The molecule has 8 heteroatoms. The summed E-state index contributed by atoms with van der Waals surface area (Å²) < 4.78 is -1.43. The molecule has 0 saturated carbocycles. The number of amides is 2. The van der Waals surface area contributed by atoms with Gasteiger partial charge < -0.3 is 20.0 Å². The minimum Gasteiger partial charge on any atom is -0.481 e. The highest BCUT2D eigenvalue weighted by Crippen LogP contribution is 2.71. The zero-order valence-electron chi connectivity index (χ0n) is 20.9. The molecule has 3 aliphatic rings. The van der Waals surface area contributed by atoms with Gasteiger partial charge in [-0.2, -0.15) is 0 Å². The quantitative estimate of drug-likeness (QED) is 0.533. The number of aliphatic hydroxyl groups excluding tert-OH is 1. The second kappa shape index (κ2) is 8.96. The summed E-state index contributed by atoms with van der Waals surface area (Å²) >= 11 is 1.51. The maximum atomic E-state index is 14.4. The lowest BCUT2D eigenvalue weighted by Gasteiger charge is -2.43. The zero-order valence-corrected chi connectivity index (χ0v) is 21.8. The molecule has 1 aromatic rings. The summed E-state index contributed by atoms with van der Waals surface area (Å²) in [6, 6.07) is 8.07. The van der Waals surface area contributed by atoms with Gasteiger partial charge in [0.1, 0.15) is 6.04 Å². The van der Waals surface area contributed by atoms with E-state index < -0.39 is 44.9 Å². The maximum absolute atomic E-state index is 14.4. The van der Waals surface area contributed by atoms with Crippen molar-refractivity contribution >= 4 is 29.5 Å². The van der Waals surface area contributed by atoms with Crippen LogP contribution >= 0.6 is 11.8 Å². The van der Waals surface area contributed by atoms with Gasteiger partial charge in [-0.05, 0) is 52.5 Å². The van der Waals surface area contributed by atoms with E-state index in [1.807, 2.05) is 58.0 Å². The van der Waals surface area contributed by atoms with Gasteiger partial charge >= 0.3 is 5.97 Å². The number of aliphatic hydroxyl groups is 1. The van der Waals surface area contributed by atoms with E-state index in [2.05, 4.69) is 6.58 Å². The molecule has 2 amide bonds. The van der Waals surface area contributed by atoms with Crippen LogP contribution in [0.2, 0.25) is 0 Å². The molecule has 2 N–H and O–H groups in total. The van der Waals surface area contributed by atoms with Crippen LogP contribution in [0.1, 0.15) is 46.1 Å². The lowest BCUT2D eigenvalue weighted by Crippen LogP contribution is -2.60. The molecule has 0 aromatic heterocycles. The number of likely N-dealkylation sites (tertiary alicyclic amines) is 1. The second-order valence-corrected chi connectivity index (χ2v) is 13.1. The van der Waals surface area contributed by atoms with Crippen molar-refractivity contribution in [3.8, 4) is 0 Å². The first-order chi connectivity index (χ1) is 16.4. The van der Waals surface area contributed by atoms with Crippen LogP contribution in [0.4, 0.5) is 0 Å². The minimum atomic E-state index is -0.990. The van der Waals surface area contributed by atoms with Crippen molar-refractivity contribution in [3.63, 3.8) is 0 Å². The molecular formula is C27H36N2O5S. The Morgan fingerprint density at radius 3 is 2.49 bits per heavy atom. The fourth-order valence-electron chi connectivity index (χ4n) is 6.52. The first kappa shape index (κ1) is 25.8. The number of nitrogens with zero attached hydrogens (tertiary/aromatic N) is 2. The van der Waals surface area contributed by atoms with E-state index in [0.717, 1.165) is 5.56 Å². The number of hydrogen-bond donors (Lipinski definition) is 2. The SMILES string of the molecule is C=CCN(C(=O)C1N([C@@H](CO)Cc2ccccc2)C(=O)[C@@H]2[C@@H](C(=O)O)[C@@]3(C)CCC12S3)C(C)(C)C. The fourth-order valence-corrected chi connectivity index (χ4v) is 8.85. The van der Waals surface area contributed by atoms with Gasteiger partial charge in [-0.15, -0.1) is 18.3 Å². The van der Waals surface area contributed by atoms with Crippen LogP contribution < -0.4 is 0 Å². The highest BCUT2D eigenvalue weighted by molar-refractivity contribution is 8.02. The largest absolute Gasteiger partial charge is 0.481 e. The maximum Gasteiger partial charge on any atom is 0.308 e. The Hall–Kier alpha value is -2.32. The number of fused-ring (bicyclic) bond motifs is 1. The summed E-state index contributed by atoms with van der Waals surface area (Å²) in [7, 11) is 0. The number of carbonyl (C=O) groups excluding carboxylic acids is 2. The summed E-state index contributed by atoms with van der Waals surface area (Å²) in [5, 5.41) is 20.6. The minimum absolute atomic E-state index is 0.206. The summed E-state index contributed by atoms with van der Waals surface area (Å²) in [5.74, 6) is -3.19. The van der Waals surface area contributed by atoms with E-state index in [1.54, 1.807) is 15.9 Å². The van der Waals surface area contributed by atoms with Gasteiger partial charge in [0, 0.05) is 16.8 Å². The van der Waals surface area contributed by atoms with Crippen molar-refractivity contribution < 1.29 is 24.6 Å². The average Bonchev–Trinajstić information content (AvgIpc) is 3.36. The van der Waals surface area contributed by atoms with E-state index in [4.69, 9.17) is 0 Å². The Kier molecular flexibility index (Phi) is 6.60. The molecule has 1 spiro atoms. The van der Waals surface area contributed by atoms with Crippen LogP contribution in [0.15, 0.2) is 43.0 Å². The number of carboxylic acids is 1. The molecule has 0 radical (unpaired) electrons. The van der Waals surface area contributed by atoms with Crippen LogP contribution in [0.25, 0.3) is 0 Å². The highest BCUT2D eigenvalue weighted by Gasteiger charge is 2.78. The Labute approximate surface area is 211 Å². The van der Waals surface area contributed by atoms with Crippen molar-refractivity contribution in [1.82, 2.24) is 9.80 Å². The van der Waals surface area contributed by atoms with E-state index in [9.17, 15) is 24.6 Å². The molecule has 3 aliphatic heterocycles. The van der Waals surface area contributed by atoms with Crippen molar-refractivity contribution in [2.24, 2.45) is 11.8 Å². The molecule has 3 heterocycles. The smallest absolute Gasteiger partial charge is 0.308 e. The number of rotatable bonds is 8. The topological polar surface area (TPSA) is 98.2 Å². The van der Waals surface area contributed by atoms with Crippen LogP contribution in [0.5, 0.6) is 0 Å². The zero-order chi connectivity index (χ0) is 25.8. The van der Waals surface area contributed by atoms with E-state index >= 15 is 0 Å². The summed E-state index contributed by atoms with van der Waals surface area (Å²) in [5.41, 5.74) is 0.415. The van der Waals surface area contributed by atoms with Gasteiger partial charge in [-0.1, -0.05) is 36.4 Å². The van der Waals surface area contributed by atoms with Gasteiger partial charge in [0.25, 0.3) is 0 Å². The molecule has 1 aromatic carbocycles. The van der Waals surface area contributed by atoms with E-state index in [-0.39, 0.29) is 18.4 Å². The molecule has 35 heavy (non-hydrogen) atoms. The van der Waals surface area contributed by atoms with Crippen molar-refractivity contribution in [3.05, 3.63) is 48.6 Å². The third kappa shape index (κ3) is 3.99. The lowest BCUT2D eigenvalue weighted by molar-refractivity contribution is -0.151. The van der Waals surface area contributed by atoms with E-state index in [1.165, 1.54) is 11.8 Å². The van der Waals surface area contributed by atoms with Gasteiger partial charge in [-0.25, -0.2) is 0 Å². The third-order valence-corrected chi connectivity index (χ3v) is 10.0. The van der Waals surface area contributed by atoms with Gasteiger partial charge in [0.15, 0.2) is 0 Å². The number of hydrogen-bond acceptors (Lipinski definition) is 5. The summed E-state index contributed by atoms with van der Waals surface area (Å²) in [4.78, 5) is 44.2. The molecule has 3 fully saturated rings. The molecule has 4 rings (SSSR count). The highest BCUT2D eigenvalue weighted by atomic mass is 32.2. The Morgan fingerprint density at radius 1 is 1.29 bits per heavy atom. The van der Waals surface area contributed by atoms with Gasteiger partial charge in [-0.3, -0.25) is 14.4 Å². The number of benzene rings is 1.